The van der Waals surface area contributed by atoms with Crippen LogP contribution >= 0.6 is 0 Å². The van der Waals surface area contributed by atoms with Crippen molar-refractivity contribution in [2.75, 3.05) is 19.6 Å². The molecule has 158 valence electrons. The molecule has 0 N–H and O–H groups in total. The van der Waals surface area contributed by atoms with Gasteiger partial charge in [0.25, 0.3) is 0 Å². The van der Waals surface area contributed by atoms with E-state index in [0.29, 0.717) is 24.3 Å². The minimum atomic E-state index is 0.350. The number of hydrogen-bond donors (Lipinski definition) is 0. The lowest BCUT2D eigenvalue weighted by Crippen LogP contribution is -2.60. The number of aromatic nitrogens is 1. The highest BCUT2D eigenvalue weighted by Gasteiger charge is 2.46. The van der Waals surface area contributed by atoms with Gasteiger partial charge in [-0.25, -0.2) is 0 Å². The van der Waals surface area contributed by atoms with Gasteiger partial charge in [0.1, 0.15) is 0 Å². The van der Waals surface area contributed by atoms with Crippen molar-refractivity contribution in [3.8, 4) is 0 Å². The molecular weight excluding hydrogens is 370 g/mol. The Morgan fingerprint density at radius 2 is 2.00 bits per heavy atom. The zero-order chi connectivity index (χ0) is 20.1. The number of rotatable bonds is 3. The normalized spacial score (nSPS) is 31.2. The summed E-state index contributed by atoms with van der Waals surface area (Å²) in [5.41, 5.74) is 2.82. The lowest BCUT2D eigenvalue weighted by molar-refractivity contribution is -0.136. The Labute approximate surface area is 179 Å². The molecule has 4 nitrogen and oxygen atoms in total. The highest BCUT2D eigenvalue weighted by atomic mass is 16.2. The number of amides is 1. The molecule has 3 aliphatic heterocycles. The molecule has 0 spiro atoms. The first-order chi connectivity index (χ1) is 14.8. The Morgan fingerprint density at radius 1 is 1.07 bits per heavy atom. The second kappa shape index (κ2) is 7.56. The first-order valence-electron chi connectivity index (χ1n) is 12.1. The number of para-hydroxylation sites is 1. The first-order valence-corrected chi connectivity index (χ1v) is 12.1. The molecule has 3 saturated heterocycles. The fourth-order valence-electron chi connectivity index (χ4n) is 6.95. The molecule has 2 bridgehead atoms. The predicted molar refractivity (Wildman–Crippen MR) is 120 cm³/mol. The molecule has 6 rings (SSSR count). The Bertz CT molecular complexity index is 976. The standard InChI is InChI=1S/C26H33N3O/c30-25(11-15-27-14-10-19-6-1-2-8-23(19)27)29-13-5-7-20-16-21-17-22(26(20)29)18-28-12-4-3-9-24(21)28/h1-2,6,8,10,14,16,21-22,24,26H,3-5,7,9,11-13,15,17-18H2/t21?,22?,24-,26-/m1/s1. The number of nitrogens with zero attached hydrogens (tertiary/aromatic N) is 3. The summed E-state index contributed by atoms with van der Waals surface area (Å²) in [6, 6.07) is 11.7. The molecule has 2 aromatic rings. The molecule has 4 heteroatoms. The number of piperidine rings is 3. The molecule has 1 aromatic heterocycles. The summed E-state index contributed by atoms with van der Waals surface area (Å²) in [5, 5.41) is 1.25. The molecule has 2 unspecified atom stereocenters. The van der Waals surface area contributed by atoms with Gasteiger partial charge in [-0.2, -0.15) is 0 Å². The van der Waals surface area contributed by atoms with Gasteiger partial charge in [-0.15, -0.1) is 0 Å². The van der Waals surface area contributed by atoms with Crippen molar-refractivity contribution in [2.24, 2.45) is 11.8 Å². The van der Waals surface area contributed by atoms with Gasteiger partial charge < -0.3 is 9.47 Å². The van der Waals surface area contributed by atoms with Crippen LogP contribution in [0.15, 0.2) is 48.2 Å². The van der Waals surface area contributed by atoms with E-state index in [-0.39, 0.29) is 0 Å². The van der Waals surface area contributed by atoms with E-state index in [1.54, 1.807) is 5.57 Å². The van der Waals surface area contributed by atoms with Gasteiger partial charge in [0, 0.05) is 43.8 Å². The summed E-state index contributed by atoms with van der Waals surface area (Å²) in [6.45, 7) is 4.19. The van der Waals surface area contributed by atoms with Crippen molar-refractivity contribution in [1.82, 2.24) is 14.4 Å². The van der Waals surface area contributed by atoms with Crippen molar-refractivity contribution >= 4 is 16.8 Å². The first kappa shape index (κ1) is 18.7. The summed E-state index contributed by atoms with van der Waals surface area (Å²) in [7, 11) is 0. The van der Waals surface area contributed by atoms with E-state index in [4.69, 9.17) is 0 Å². The maximum absolute atomic E-state index is 13.4. The van der Waals surface area contributed by atoms with Gasteiger partial charge in [0.2, 0.25) is 5.91 Å². The van der Waals surface area contributed by atoms with Gasteiger partial charge in [-0.3, -0.25) is 9.69 Å². The van der Waals surface area contributed by atoms with E-state index in [1.807, 2.05) is 0 Å². The second-order valence-corrected chi connectivity index (χ2v) is 9.91. The Morgan fingerprint density at radius 3 is 2.97 bits per heavy atom. The largest absolute Gasteiger partial charge is 0.347 e. The van der Waals surface area contributed by atoms with E-state index in [1.165, 1.54) is 56.1 Å². The van der Waals surface area contributed by atoms with Crippen molar-refractivity contribution < 1.29 is 4.79 Å². The number of benzene rings is 1. The summed E-state index contributed by atoms with van der Waals surface area (Å²) in [4.78, 5) is 18.4. The number of likely N-dealkylation sites (tertiary alicyclic amines) is 1. The summed E-state index contributed by atoms with van der Waals surface area (Å²) in [6.07, 6.45) is 13.1. The second-order valence-electron chi connectivity index (χ2n) is 9.91. The van der Waals surface area contributed by atoms with Crippen LogP contribution in [0.25, 0.3) is 10.9 Å². The van der Waals surface area contributed by atoms with Gasteiger partial charge in [-0.1, -0.05) is 36.3 Å². The molecule has 4 heterocycles. The minimum Gasteiger partial charge on any atom is -0.347 e. The van der Waals surface area contributed by atoms with Crippen LogP contribution in [0.2, 0.25) is 0 Å². The Hall–Kier alpha value is -2.07. The van der Waals surface area contributed by atoms with Gasteiger partial charge in [-0.05, 0) is 68.0 Å². The van der Waals surface area contributed by atoms with Crippen LogP contribution in [-0.4, -0.2) is 52.0 Å². The van der Waals surface area contributed by atoms with Crippen molar-refractivity contribution in [3.05, 3.63) is 48.2 Å². The highest BCUT2D eigenvalue weighted by molar-refractivity contribution is 5.81. The fraction of sp³-hybridized carbons (Fsp3) is 0.577. The van der Waals surface area contributed by atoms with Crippen LogP contribution in [0.5, 0.6) is 0 Å². The number of aryl methyl sites for hydroxylation is 1. The Kier molecular flexibility index (Phi) is 4.71. The maximum atomic E-state index is 13.4. The predicted octanol–water partition coefficient (Wildman–Crippen LogP) is 4.45. The molecule has 0 radical (unpaired) electrons. The van der Waals surface area contributed by atoms with Crippen LogP contribution in [0.1, 0.15) is 44.9 Å². The van der Waals surface area contributed by atoms with Crippen LogP contribution in [-0.2, 0) is 11.3 Å². The molecule has 4 atom stereocenters. The number of fused-ring (bicyclic) bond motifs is 7. The van der Waals surface area contributed by atoms with Gasteiger partial charge in [0.05, 0.1) is 6.04 Å². The Balaban J connectivity index is 1.20. The number of carbonyl (C=O) groups excluding carboxylic acids is 1. The topological polar surface area (TPSA) is 28.5 Å². The molecular formula is C26H33N3O. The van der Waals surface area contributed by atoms with Crippen LogP contribution < -0.4 is 0 Å². The van der Waals surface area contributed by atoms with Crippen LogP contribution in [0.4, 0.5) is 0 Å². The third-order valence-electron chi connectivity index (χ3n) is 8.22. The smallest absolute Gasteiger partial charge is 0.224 e. The van der Waals surface area contributed by atoms with E-state index < -0.39 is 0 Å². The number of carbonyl (C=O) groups is 1. The van der Waals surface area contributed by atoms with Crippen LogP contribution in [0, 0.1) is 11.8 Å². The number of hydrogen-bond acceptors (Lipinski definition) is 2. The van der Waals surface area contributed by atoms with Crippen LogP contribution in [0.3, 0.4) is 0 Å². The molecule has 1 aromatic carbocycles. The molecule has 30 heavy (non-hydrogen) atoms. The highest BCUT2D eigenvalue weighted by Crippen LogP contribution is 2.45. The molecule has 0 saturated carbocycles. The lowest BCUT2D eigenvalue weighted by atomic mass is 9.68. The average molecular weight is 404 g/mol. The molecule has 4 aliphatic rings. The van der Waals surface area contributed by atoms with Crippen molar-refractivity contribution in [1.29, 1.82) is 0 Å². The van der Waals surface area contributed by atoms with E-state index in [0.717, 1.165) is 31.5 Å². The van der Waals surface area contributed by atoms with E-state index in [9.17, 15) is 4.79 Å². The van der Waals surface area contributed by atoms with Crippen molar-refractivity contribution in [3.63, 3.8) is 0 Å². The van der Waals surface area contributed by atoms with Gasteiger partial charge >= 0.3 is 0 Å². The maximum Gasteiger partial charge on any atom is 0.224 e. The van der Waals surface area contributed by atoms with E-state index in [2.05, 4.69) is 57.0 Å². The fourth-order valence-corrected chi connectivity index (χ4v) is 6.95. The van der Waals surface area contributed by atoms with E-state index >= 15 is 0 Å². The zero-order valence-electron chi connectivity index (χ0n) is 17.9. The zero-order valence-corrected chi connectivity index (χ0v) is 17.9. The minimum absolute atomic E-state index is 0.350. The third-order valence-corrected chi connectivity index (χ3v) is 8.22. The SMILES string of the molecule is O=C(CCn1ccc2ccccc21)N1CCCC2=CC3CC(CN4CCCC[C@H]34)[C@@H]21. The molecule has 3 fully saturated rings. The summed E-state index contributed by atoms with van der Waals surface area (Å²) < 4.78 is 2.24. The quantitative estimate of drug-likeness (QED) is 0.708. The lowest BCUT2D eigenvalue weighted by Gasteiger charge is -2.54. The third kappa shape index (κ3) is 3.11. The molecule has 1 aliphatic carbocycles. The van der Waals surface area contributed by atoms with Crippen molar-refractivity contribution in [2.45, 2.75) is 63.6 Å². The monoisotopic (exact) mass is 403 g/mol. The van der Waals surface area contributed by atoms with Gasteiger partial charge in [0.15, 0.2) is 0 Å². The summed E-state index contributed by atoms with van der Waals surface area (Å²) in [5.74, 6) is 1.72. The molecule has 1 amide bonds. The average Bonchev–Trinajstić information content (AvgIpc) is 3.20. The summed E-state index contributed by atoms with van der Waals surface area (Å²) >= 11 is 0.